The number of methoxy groups -OCH3 is 1. The predicted octanol–water partition coefficient (Wildman–Crippen LogP) is 5.59. The van der Waals surface area contributed by atoms with E-state index in [1.54, 1.807) is 37.6 Å². The number of aromatic nitrogens is 2. The van der Waals surface area contributed by atoms with Crippen molar-refractivity contribution in [1.82, 2.24) is 9.97 Å². The van der Waals surface area contributed by atoms with Crippen LogP contribution in [0, 0.1) is 6.92 Å². The van der Waals surface area contributed by atoms with Crippen LogP contribution in [-0.2, 0) is 0 Å². The van der Waals surface area contributed by atoms with E-state index in [2.05, 4.69) is 20.6 Å². The minimum absolute atomic E-state index is 0.455. The highest BCUT2D eigenvalue weighted by atomic mass is 35.5. The SMILES string of the molecule is COc1ccc(Cl)cc1Nc1ccnc(Nc2cccc(Cl)c2C)n1. The number of nitrogens with zero attached hydrogens (tertiary/aromatic N) is 2. The van der Waals surface area contributed by atoms with Gasteiger partial charge in [0, 0.05) is 21.9 Å². The lowest BCUT2D eigenvalue weighted by Gasteiger charge is -2.13. The van der Waals surface area contributed by atoms with Crippen LogP contribution >= 0.6 is 23.2 Å². The highest BCUT2D eigenvalue weighted by Crippen LogP contribution is 2.30. The highest BCUT2D eigenvalue weighted by molar-refractivity contribution is 6.31. The maximum atomic E-state index is 6.15. The van der Waals surface area contributed by atoms with E-state index < -0.39 is 0 Å². The molecule has 0 saturated carbocycles. The van der Waals surface area contributed by atoms with E-state index in [9.17, 15) is 0 Å². The molecule has 25 heavy (non-hydrogen) atoms. The Labute approximate surface area is 156 Å². The van der Waals surface area contributed by atoms with E-state index >= 15 is 0 Å². The van der Waals surface area contributed by atoms with Gasteiger partial charge in [0.1, 0.15) is 11.6 Å². The van der Waals surface area contributed by atoms with Gasteiger partial charge < -0.3 is 15.4 Å². The first-order chi connectivity index (χ1) is 12.1. The predicted molar refractivity (Wildman–Crippen MR) is 103 cm³/mol. The molecule has 5 nitrogen and oxygen atoms in total. The summed E-state index contributed by atoms with van der Waals surface area (Å²) in [5, 5.41) is 7.65. The number of halogens is 2. The molecule has 0 saturated heterocycles. The van der Waals surface area contributed by atoms with Crippen LogP contribution in [0.2, 0.25) is 10.0 Å². The van der Waals surface area contributed by atoms with Gasteiger partial charge in [-0.05, 0) is 48.9 Å². The molecule has 128 valence electrons. The minimum atomic E-state index is 0.455. The van der Waals surface area contributed by atoms with E-state index in [0.717, 1.165) is 16.9 Å². The smallest absolute Gasteiger partial charge is 0.229 e. The van der Waals surface area contributed by atoms with Gasteiger partial charge in [0.15, 0.2) is 0 Å². The third-order valence-electron chi connectivity index (χ3n) is 3.59. The van der Waals surface area contributed by atoms with E-state index in [-0.39, 0.29) is 0 Å². The highest BCUT2D eigenvalue weighted by Gasteiger charge is 2.08. The molecule has 0 bridgehead atoms. The van der Waals surface area contributed by atoms with E-state index in [4.69, 9.17) is 27.9 Å². The van der Waals surface area contributed by atoms with Gasteiger partial charge in [-0.3, -0.25) is 0 Å². The summed E-state index contributed by atoms with van der Waals surface area (Å²) in [7, 11) is 1.60. The third-order valence-corrected chi connectivity index (χ3v) is 4.24. The van der Waals surface area contributed by atoms with Crippen molar-refractivity contribution < 1.29 is 4.74 Å². The molecule has 3 aromatic rings. The largest absolute Gasteiger partial charge is 0.495 e. The van der Waals surface area contributed by atoms with Gasteiger partial charge in [-0.25, -0.2) is 4.98 Å². The van der Waals surface area contributed by atoms with Gasteiger partial charge in [-0.1, -0.05) is 29.3 Å². The molecule has 0 aliphatic rings. The molecule has 0 amide bonds. The topological polar surface area (TPSA) is 59.1 Å². The molecular formula is C18H16Cl2N4O. The number of ether oxygens (including phenoxy) is 1. The van der Waals surface area contributed by atoms with Gasteiger partial charge in [0.2, 0.25) is 5.95 Å². The Bertz CT molecular complexity index is 902. The molecule has 0 spiro atoms. The van der Waals surface area contributed by atoms with Crippen LogP contribution < -0.4 is 15.4 Å². The van der Waals surface area contributed by atoms with Crippen molar-refractivity contribution in [1.29, 1.82) is 0 Å². The fourth-order valence-corrected chi connectivity index (χ4v) is 2.61. The maximum absolute atomic E-state index is 6.15. The summed E-state index contributed by atoms with van der Waals surface area (Å²) in [6.07, 6.45) is 1.66. The second-order valence-electron chi connectivity index (χ2n) is 5.27. The van der Waals surface area contributed by atoms with E-state index in [1.807, 2.05) is 25.1 Å². The monoisotopic (exact) mass is 374 g/mol. The van der Waals surface area contributed by atoms with Crippen molar-refractivity contribution >= 4 is 46.3 Å². The molecule has 1 heterocycles. The zero-order valence-corrected chi connectivity index (χ0v) is 15.2. The van der Waals surface area contributed by atoms with Gasteiger partial charge in [-0.2, -0.15) is 4.98 Å². The molecule has 2 aromatic carbocycles. The summed E-state index contributed by atoms with van der Waals surface area (Å²) in [6.45, 7) is 1.93. The van der Waals surface area contributed by atoms with Gasteiger partial charge >= 0.3 is 0 Å². The van der Waals surface area contributed by atoms with Gasteiger partial charge in [0.05, 0.1) is 12.8 Å². The van der Waals surface area contributed by atoms with Crippen molar-refractivity contribution in [2.45, 2.75) is 6.92 Å². The molecule has 0 atom stereocenters. The molecule has 0 radical (unpaired) electrons. The Morgan fingerprint density at radius 3 is 2.64 bits per heavy atom. The van der Waals surface area contributed by atoms with Gasteiger partial charge in [-0.15, -0.1) is 0 Å². The van der Waals surface area contributed by atoms with Crippen LogP contribution in [-0.4, -0.2) is 17.1 Å². The number of hydrogen-bond acceptors (Lipinski definition) is 5. The Kier molecular flexibility index (Phi) is 5.26. The summed E-state index contributed by atoms with van der Waals surface area (Å²) in [4.78, 5) is 8.71. The second kappa shape index (κ2) is 7.59. The van der Waals surface area contributed by atoms with Crippen LogP contribution in [0.5, 0.6) is 5.75 Å². The Morgan fingerprint density at radius 2 is 1.84 bits per heavy atom. The Balaban J connectivity index is 1.85. The average molecular weight is 375 g/mol. The minimum Gasteiger partial charge on any atom is -0.495 e. The molecular weight excluding hydrogens is 359 g/mol. The van der Waals surface area contributed by atoms with Crippen LogP contribution in [0.1, 0.15) is 5.56 Å². The normalized spacial score (nSPS) is 10.4. The zero-order valence-electron chi connectivity index (χ0n) is 13.7. The molecule has 0 aliphatic heterocycles. The fourth-order valence-electron chi connectivity index (χ4n) is 2.27. The van der Waals surface area contributed by atoms with E-state index in [1.165, 1.54) is 0 Å². The van der Waals surface area contributed by atoms with Crippen LogP contribution in [0.25, 0.3) is 0 Å². The van der Waals surface area contributed by atoms with Gasteiger partial charge in [0.25, 0.3) is 0 Å². The zero-order chi connectivity index (χ0) is 17.8. The lowest BCUT2D eigenvalue weighted by atomic mass is 10.2. The van der Waals surface area contributed by atoms with Crippen molar-refractivity contribution in [3.63, 3.8) is 0 Å². The van der Waals surface area contributed by atoms with Crippen molar-refractivity contribution in [2.75, 3.05) is 17.7 Å². The number of benzene rings is 2. The quantitative estimate of drug-likeness (QED) is 0.609. The third kappa shape index (κ3) is 4.13. The summed E-state index contributed by atoms with van der Waals surface area (Å²) in [5.74, 6) is 1.73. The molecule has 1 aromatic heterocycles. The first kappa shape index (κ1) is 17.3. The lowest BCUT2D eigenvalue weighted by Crippen LogP contribution is -2.02. The first-order valence-electron chi connectivity index (χ1n) is 7.52. The number of rotatable bonds is 5. The average Bonchev–Trinajstić information content (AvgIpc) is 2.60. The summed E-state index contributed by atoms with van der Waals surface area (Å²) >= 11 is 12.2. The lowest BCUT2D eigenvalue weighted by molar-refractivity contribution is 0.417. The summed E-state index contributed by atoms with van der Waals surface area (Å²) in [6, 6.07) is 12.7. The van der Waals surface area contributed by atoms with Crippen LogP contribution in [0.3, 0.4) is 0 Å². The van der Waals surface area contributed by atoms with Crippen molar-refractivity contribution in [2.24, 2.45) is 0 Å². The molecule has 7 heteroatoms. The van der Waals surface area contributed by atoms with Crippen molar-refractivity contribution in [3.8, 4) is 5.75 Å². The summed E-state index contributed by atoms with van der Waals surface area (Å²) in [5.41, 5.74) is 2.51. The van der Waals surface area contributed by atoms with Crippen LogP contribution in [0.4, 0.5) is 23.1 Å². The molecule has 0 unspecified atom stereocenters. The van der Waals surface area contributed by atoms with E-state index in [0.29, 0.717) is 27.6 Å². The number of anilines is 4. The molecule has 0 aliphatic carbocycles. The van der Waals surface area contributed by atoms with Crippen LogP contribution in [0.15, 0.2) is 48.7 Å². The van der Waals surface area contributed by atoms with Crippen molar-refractivity contribution in [3.05, 3.63) is 64.3 Å². The Morgan fingerprint density at radius 1 is 1.00 bits per heavy atom. The fraction of sp³-hybridized carbons (Fsp3) is 0.111. The molecule has 2 N–H and O–H groups in total. The first-order valence-corrected chi connectivity index (χ1v) is 8.28. The molecule has 3 rings (SSSR count). The maximum Gasteiger partial charge on any atom is 0.229 e. The summed E-state index contributed by atoms with van der Waals surface area (Å²) < 4.78 is 5.33. The number of nitrogens with one attached hydrogen (secondary N) is 2. The Hall–Kier alpha value is -2.50. The molecule has 0 fully saturated rings. The second-order valence-corrected chi connectivity index (χ2v) is 6.12. The standard InChI is InChI=1S/C18H16Cl2N4O/c1-11-13(20)4-3-5-14(11)23-18-21-9-8-17(24-18)22-15-10-12(19)6-7-16(15)25-2/h3-10H,1-2H3,(H2,21,22,23,24). The number of hydrogen-bond donors (Lipinski definition) is 2.